The monoisotopic (exact) mass is 428 g/mol. The molecule has 4 rings (SSSR count). The maximum absolute atomic E-state index is 13.4. The molecule has 5 nitrogen and oxygen atoms in total. The zero-order chi connectivity index (χ0) is 22.1. The number of carbonyl (C=O) groups excluding carboxylic acids is 2. The van der Waals surface area contributed by atoms with Crippen molar-refractivity contribution in [2.24, 2.45) is 0 Å². The number of hydrogen-bond acceptors (Lipinski definition) is 4. The first-order chi connectivity index (χ1) is 14.9. The molecule has 0 bridgehead atoms. The normalized spacial score (nSPS) is 14.3. The van der Waals surface area contributed by atoms with Crippen molar-refractivity contribution < 1.29 is 14.7 Å². The van der Waals surface area contributed by atoms with Crippen LogP contribution in [0.15, 0.2) is 78.4 Å². The minimum Gasteiger partial charge on any atom is -0.507 e. The van der Waals surface area contributed by atoms with Crippen LogP contribution < -0.4 is 9.80 Å². The minimum atomic E-state index is -0.537. The van der Waals surface area contributed by atoms with Crippen molar-refractivity contribution in [1.82, 2.24) is 0 Å². The molecular weight excluding hydrogens is 408 g/mol. The van der Waals surface area contributed by atoms with E-state index in [0.717, 1.165) is 11.1 Å². The summed E-state index contributed by atoms with van der Waals surface area (Å²) in [5, 5.41) is 10.3. The SMILES string of the molecule is Cc1ccc(N2C(=O)C(=Cc3ccccc3O)C(=O)N(c3ccc(C)cc3)C2=S)cc1. The number of para-hydroxylation sites is 1. The van der Waals surface area contributed by atoms with E-state index in [-0.39, 0.29) is 16.4 Å². The predicted octanol–water partition coefficient (Wildman–Crippen LogP) is 4.76. The number of aryl methyl sites for hydroxylation is 2. The lowest BCUT2D eigenvalue weighted by molar-refractivity contribution is -0.120. The van der Waals surface area contributed by atoms with Crippen LogP contribution in [0, 0.1) is 13.8 Å². The number of nitrogens with zero attached hydrogens (tertiary/aromatic N) is 2. The van der Waals surface area contributed by atoms with Gasteiger partial charge in [-0.05, 0) is 62.5 Å². The molecule has 6 heteroatoms. The van der Waals surface area contributed by atoms with Gasteiger partial charge in [0.15, 0.2) is 5.11 Å². The molecule has 1 aliphatic rings. The summed E-state index contributed by atoms with van der Waals surface area (Å²) in [5.41, 5.74) is 3.49. The van der Waals surface area contributed by atoms with Crippen LogP contribution in [0.25, 0.3) is 6.08 Å². The highest BCUT2D eigenvalue weighted by atomic mass is 32.1. The summed E-state index contributed by atoms with van der Waals surface area (Å²) in [6, 6.07) is 21.2. The highest BCUT2D eigenvalue weighted by Gasteiger charge is 2.41. The smallest absolute Gasteiger partial charge is 0.270 e. The molecule has 0 aliphatic carbocycles. The molecule has 1 saturated heterocycles. The molecule has 0 saturated carbocycles. The van der Waals surface area contributed by atoms with Gasteiger partial charge in [-0.25, -0.2) is 0 Å². The molecule has 0 radical (unpaired) electrons. The van der Waals surface area contributed by atoms with Gasteiger partial charge in [0.05, 0.1) is 11.4 Å². The first-order valence-corrected chi connectivity index (χ1v) is 10.1. The number of phenols is 1. The van der Waals surface area contributed by atoms with Gasteiger partial charge >= 0.3 is 0 Å². The van der Waals surface area contributed by atoms with Gasteiger partial charge in [-0.3, -0.25) is 19.4 Å². The second-order valence-corrected chi connectivity index (χ2v) is 7.72. The van der Waals surface area contributed by atoms with Gasteiger partial charge in [-0.15, -0.1) is 0 Å². The van der Waals surface area contributed by atoms with Crippen molar-refractivity contribution in [3.05, 3.63) is 95.1 Å². The highest BCUT2D eigenvalue weighted by molar-refractivity contribution is 7.81. The van der Waals surface area contributed by atoms with Crippen LogP contribution in [0.3, 0.4) is 0 Å². The van der Waals surface area contributed by atoms with E-state index >= 15 is 0 Å². The Balaban J connectivity index is 1.88. The van der Waals surface area contributed by atoms with Crippen LogP contribution in [-0.4, -0.2) is 22.0 Å². The van der Waals surface area contributed by atoms with Gasteiger partial charge in [0, 0.05) is 5.56 Å². The van der Waals surface area contributed by atoms with Gasteiger partial charge in [-0.2, -0.15) is 0 Å². The van der Waals surface area contributed by atoms with E-state index in [1.165, 1.54) is 21.9 Å². The Bertz CT molecular complexity index is 1140. The number of rotatable bonds is 3. The largest absolute Gasteiger partial charge is 0.507 e. The lowest BCUT2D eigenvalue weighted by atomic mass is 10.0. The fourth-order valence-corrected chi connectivity index (χ4v) is 3.71. The molecule has 3 aromatic rings. The van der Waals surface area contributed by atoms with Crippen molar-refractivity contribution in [2.75, 3.05) is 9.80 Å². The number of thiocarbonyl (C=S) groups is 1. The molecule has 1 N–H and O–H groups in total. The van der Waals surface area contributed by atoms with Crippen LogP contribution in [0.1, 0.15) is 16.7 Å². The first-order valence-electron chi connectivity index (χ1n) is 9.73. The van der Waals surface area contributed by atoms with Gasteiger partial charge in [0.2, 0.25) is 0 Å². The van der Waals surface area contributed by atoms with E-state index in [4.69, 9.17) is 12.2 Å². The third kappa shape index (κ3) is 3.85. The van der Waals surface area contributed by atoms with Crippen LogP contribution in [0.4, 0.5) is 11.4 Å². The Labute approximate surface area is 185 Å². The van der Waals surface area contributed by atoms with E-state index in [0.29, 0.717) is 16.9 Å². The van der Waals surface area contributed by atoms with E-state index in [2.05, 4.69) is 0 Å². The number of carbonyl (C=O) groups is 2. The topological polar surface area (TPSA) is 60.9 Å². The standard InChI is InChI=1S/C25H20N2O3S/c1-16-7-11-19(12-8-16)26-23(29)21(15-18-5-3-4-6-22(18)28)24(30)27(25(26)31)20-13-9-17(2)10-14-20/h3-15,28H,1-2H3. The third-order valence-electron chi connectivity index (χ3n) is 5.07. The van der Waals surface area contributed by atoms with Crippen LogP contribution >= 0.6 is 12.2 Å². The zero-order valence-electron chi connectivity index (χ0n) is 17.1. The summed E-state index contributed by atoms with van der Waals surface area (Å²) >= 11 is 5.61. The van der Waals surface area contributed by atoms with Crippen molar-refractivity contribution >= 4 is 46.6 Å². The molecule has 0 spiro atoms. The molecule has 1 heterocycles. The average Bonchev–Trinajstić information content (AvgIpc) is 2.75. The van der Waals surface area contributed by atoms with Crippen molar-refractivity contribution in [2.45, 2.75) is 13.8 Å². The Morgan fingerprint density at radius 3 is 1.65 bits per heavy atom. The molecule has 3 aromatic carbocycles. The van der Waals surface area contributed by atoms with Gasteiger partial charge in [0.25, 0.3) is 11.8 Å². The summed E-state index contributed by atoms with van der Waals surface area (Å²) in [6.07, 6.45) is 1.41. The number of anilines is 2. The van der Waals surface area contributed by atoms with Gasteiger partial charge in [-0.1, -0.05) is 53.6 Å². The van der Waals surface area contributed by atoms with E-state index in [9.17, 15) is 14.7 Å². The Kier molecular flexibility index (Phi) is 5.40. The third-order valence-corrected chi connectivity index (χ3v) is 5.44. The summed E-state index contributed by atoms with van der Waals surface area (Å²) in [6.45, 7) is 3.90. The summed E-state index contributed by atoms with van der Waals surface area (Å²) < 4.78 is 0. The number of benzene rings is 3. The maximum Gasteiger partial charge on any atom is 0.270 e. The summed E-state index contributed by atoms with van der Waals surface area (Å²) in [5.74, 6) is -1.09. The molecule has 31 heavy (non-hydrogen) atoms. The van der Waals surface area contributed by atoms with E-state index in [1.807, 2.05) is 38.1 Å². The summed E-state index contributed by atoms with van der Waals surface area (Å²) in [7, 11) is 0. The number of aromatic hydroxyl groups is 1. The van der Waals surface area contributed by atoms with E-state index < -0.39 is 11.8 Å². The average molecular weight is 429 g/mol. The Morgan fingerprint density at radius 1 is 0.742 bits per heavy atom. The van der Waals surface area contributed by atoms with Crippen molar-refractivity contribution in [3.8, 4) is 5.75 Å². The fourth-order valence-electron chi connectivity index (χ4n) is 3.34. The Hall–Kier alpha value is -3.77. The second kappa shape index (κ2) is 8.16. The lowest BCUT2D eigenvalue weighted by Crippen LogP contribution is -2.56. The number of amides is 2. The molecule has 0 aromatic heterocycles. The number of phenolic OH excluding ortho intramolecular Hbond substituents is 1. The molecule has 2 amide bonds. The minimum absolute atomic E-state index is 0.0208. The molecule has 154 valence electrons. The highest BCUT2D eigenvalue weighted by Crippen LogP contribution is 2.31. The molecule has 1 fully saturated rings. The Morgan fingerprint density at radius 2 is 1.19 bits per heavy atom. The molecular formula is C25H20N2O3S. The first kappa shape index (κ1) is 20.5. The molecule has 1 aliphatic heterocycles. The second-order valence-electron chi connectivity index (χ2n) is 7.35. The van der Waals surface area contributed by atoms with E-state index in [1.54, 1.807) is 42.5 Å². The van der Waals surface area contributed by atoms with Crippen molar-refractivity contribution in [3.63, 3.8) is 0 Å². The molecule has 0 unspecified atom stereocenters. The zero-order valence-corrected chi connectivity index (χ0v) is 17.9. The van der Waals surface area contributed by atoms with Crippen LogP contribution in [-0.2, 0) is 9.59 Å². The lowest BCUT2D eigenvalue weighted by Gasteiger charge is -2.36. The maximum atomic E-state index is 13.4. The van der Waals surface area contributed by atoms with Crippen molar-refractivity contribution in [1.29, 1.82) is 0 Å². The van der Waals surface area contributed by atoms with Crippen LogP contribution in [0.2, 0.25) is 0 Å². The predicted molar refractivity (Wildman–Crippen MR) is 126 cm³/mol. The quantitative estimate of drug-likeness (QED) is 0.371. The van der Waals surface area contributed by atoms with Crippen LogP contribution in [0.5, 0.6) is 5.75 Å². The van der Waals surface area contributed by atoms with Gasteiger partial charge < -0.3 is 5.11 Å². The summed E-state index contributed by atoms with van der Waals surface area (Å²) in [4.78, 5) is 29.5. The number of hydrogen-bond donors (Lipinski definition) is 1. The molecule has 0 atom stereocenters. The fraction of sp³-hybridized carbons (Fsp3) is 0.0800. The van der Waals surface area contributed by atoms with Gasteiger partial charge in [0.1, 0.15) is 11.3 Å².